The molecule has 3 aromatic heterocycles. The monoisotopic (exact) mass is 442 g/mol. The highest BCUT2D eigenvalue weighted by Gasteiger charge is 2.38. The van der Waals surface area contributed by atoms with Gasteiger partial charge in [-0.3, -0.25) is 4.79 Å². The summed E-state index contributed by atoms with van der Waals surface area (Å²) in [4.78, 5) is 19.6. The van der Waals surface area contributed by atoms with Gasteiger partial charge in [-0.2, -0.15) is 0 Å². The van der Waals surface area contributed by atoms with E-state index in [-0.39, 0.29) is 11.9 Å². The van der Waals surface area contributed by atoms with Crippen LogP contribution < -0.4 is 10.6 Å². The number of fused-ring (bicyclic) bond motifs is 1. The molecular formula is C22H30N6O2S. The summed E-state index contributed by atoms with van der Waals surface area (Å²) in [7, 11) is 1.58. The number of rotatable bonds is 6. The zero-order valence-electron chi connectivity index (χ0n) is 18.4. The molecule has 0 aromatic carbocycles. The lowest BCUT2D eigenvalue weighted by atomic mass is 9.70. The van der Waals surface area contributed by atoms with Gasteiger partial charge >= 0.3 is 0 Å². The SMILES string of the molecule is CC[C@]1(O)CC(C)C[C@H]([C@H](C)Nc2c(-c3nnc(C(=O)NC)s3)cnc3[nH]ccc23)C1. The van der Waals surface area contributed by atoms with Gasteiger partial charge in [-0.15, -0.1) is 10.2 Å². The average molecular weight is 443 g/mol. The summed E-state index contributed by atoms with van der Waals surface area (Å²) >= 11 is 1.25. The highest BCUT2D eigenvalue weighted by Crippen LogP contribution is 2.41. The van der Waals surface area contributed by atoms with Crippen molar-refractivity contribution in [2.75, 3.05) is 12.4 Å². The molecule has 4 N–H and O–H groups in total. The number of nitrogens with zero attached hydrogens (tertiary/aromatic N) is 3. The van der Waals surface area contributed by atoms with Gasteiger partial charge in [0, 0.05) is 30.9 Å². The number of amides is 1. The van der Waals surface area contributed by atoms with Crippen LogP contribution >= 0.6 is 11.3 Å². The molecule has 1 aliphatic carbocycles. The number of pyridine rings is 1. The van der Waals surface area contributed by atoms with Crippen LogP contribution in [0.3, 0.4) is 0 Å². The third-order valence-corrected chi connectivity index (χ3v) is 7.43. The fraction of sp³-hybridized carbons (Fsp3) is 0.545. The Hall–Kier alpha value is -2.52. The number of H-pyrrole nitrogens is 1. The molecule has 1 aliphatic rings. The Morgan fingerprint density at radius 2 is 2.23 bits per heavy atom. The van der Waals surface area contributed by atoms with Gasteiger partial charge < -0.3 is 20.7 Å². The maximum atomic E-state index is 12.0. The molecule has 0 bridgehead atoms. The molecule has 4 rings (SSSR count). The number of carbonyl (C=O) groups excluding carboxylic acids is 1. The molecule has 166 valence electrons. The molecular weight excluding hydrogens is 412 g/mol. The van der Waals surface area contributed by atoms with Crippen LogP contribution in [0.2, 0.25) is 0 Å². The average Bonchev–Trinajstić information content (AvgIpc) is 3.42. The summed E-state index contributed by atoms with van der Waals surface area (Å²) in [6.45, 7) is 6.47. The molecule has 3 heterocycles. The van der Waals surface area contributed by atoms with Gasteiger partial charge in [0.2, 0.25) is 5.01 Å². The van der Waals surface area contributed by atoms with Crippen molar-refractivity contribution < 1.29 is 9.90 Å². The third-order valence-electron chi connectivity index (χ3n) is 6.48. The minimum absolute atomic E-state index is 0.145. The Bertz CT molecular complexity index is 1080. The number of nitrogens with one attached hydrogen (secondary N) is 3. The molecule has 0 saturated heterocycles. The van der Waals surface area contributed by atoms with Crippen molar-refractivity contribution in [1.82, 2.24) is 25.5 Å². The Morgan fingerprint density at radius 1 is 1.42 bits per heavy atom. The van der Waals surface area contributed by atoms with Gasteiger partial charge in [0.25, 0.3) is 5.91 Å². The summed E-state index contributed by atoms with van der Waals surface area (Å²) in [5.74, 6) is 0.576. The highest BCUT2D eigenvalue weighted by molar-refractivity contribution is 7.16. The third kappa shape index (κ3) is 4.29. The van der Waals surface area contributed by atoms with Gasteiger partial charge in [0.1, 0.15) is 5.65 Å². The van der Waals surface area contributed by atoms with Crippen molar-refractivity contribution in [3.63, 3.8) is 0 Å². The Labute approximate surface area is 185 Å². The van der Waals surface area contributed by atoms with Crippen LogP contribution in [-0.4, -0.2) is 49.9 Å². The summed E-state index contributed by atoms with van der Waals surface area (Å²) in [5, 5.41) is 27.5. The van der Waals surface area contributed by atoms with Crippen LogP contribution in [0, 0.1) is 11.8 Å². The van der Waals surface area contributed by atoms with Crippen molar-refractivity contribution in [2.24, 2.45) is 11.8 Å². The number of anilines is 1. The fourth-order valence-corrected chi connectivity index (χ4v) is 5.58. The summed E-state index contributed by atoms with van der Waals surface area (Å²) in [5.41, 5.74) is 1.94. The predicted molar refractivity (Wildman–Crippen MR) is 123 cm³/mol. The van der Waals surface area contributed by atoms with E-state index in [1.54, 1.807) is 13.2 Å². The molecule has 1 unspecified atom stereocenters. The van der Waals surface area contributed by atoms with Gasteiger partial charge in [-0.1, -0.05) is 25.2 Å². The number of aromatic amines is 1. The number of hydrogen-bond donors (Lipinski definition) is 4. The molecule has 0 aliphatic heterocycles. The van der Waals surface area contributed by atoms with E-state index in [0.29, 0.717) is 21.9 Å². The first-order chi connectivity index (χ1) is 14.8. The second kappa shape index (κ2) is 8.55. The maximum absolute atomic E-state index is 12.0. The Morgan fingerprint density at radius 3 is 2.97 bits per heavy atom. The largest absolute Gasteiger partial charge is 0.390 e. The van der Waals surface area contributed by atoms with E-state index in [1.807, 2.05) is 12.3 Å². The summed E-state index contributed by atoms with van der Waals surface area (Å²) in [6.07, 6.45) is 7.14. The standard InChI is InChI=1S/C22H30N6O2S/c1-5-22(30)9-12(2)8-14(10-22)13(3)26-17-15-6-7-24-18(15)25-11-16(17)20-27-28-21(31-20)19(29)23-4/h6-7,11-14,30H,5,8-10H2,1-4H3,(H,23,29)(H2,24,25,26)/t12?,13-,14-,22-/m0/s1. The van der Waals surface area contributed by atoms with Crippen LogP contribution in [0.5, 0.6) is 0 Å². The normalized spacial score (nSPS) is 24.8. The summed E-state index contributed by atoms with van der Waals surface area (Å²) in [6, 6.07) is 2.14. The number of aromatic nitrogens is 4. The van der Waals surface area contributed by atoms with Gasteiger partial charge in [-0.05, 0) is 50.5 Å². The van der Waals surface area contributed by atoms with Crippen LogP contribution in [0.4, 0.5) is 5.69 Å². The minimum Gasteiger partial charge on any atom is -0.390 e. The first-order valence-electron chi connectivity index (χ1n) is 10.8. The lowest BCUT2D eigenvalue weighted by molar-refractivity contribution is -0.0394. The second-order valence-corrected chi connectivity index (χ2v) is 9.78. The topological polar surface area (TPSA) is 116 Å². The number of hydrogen-bond acceptors (Lipinski definition) is 7. The molecule has 1 amide bonds. The van der Waals surface area contributed by atoms with E-state index in [0.717, 1.165) is 48.0 Å². The maximum Gasteiger partial charge on any atom is 0.282 e. The predicted octanol–water partition coefficient (Wildman–Crippen LogP) is 3.82. The van der Waals surface area contributed by atoms with Gasteiger partial charge in [0.15, 0.2) is 5.01 Å². The van der Waals surface area contributed by atoms with E-state index in [2.05, 4.69) is 51.6 Å². The molecule has 1 fully saturated rings. The zero-order valence-corrected chi connectivity index (χ0v) is 19.2. The van der Waals surface area contributed by atoms with Crippen LogP contribution in [0.15, 0.2) is 18.5 Å². The molecule has 8 nitrogen and oxygen atoms in total. The van der Waals surface area contributed by atoms with Gasteiger partial charge in [-0.25, -0.2) is 4.98 Å². The molecule has 3 aromatic rings. The van der Waals surface area contributed by atoms with E-state index < -0.39 is 5.60 Å². The van der Waals surface area contributed by atoms with E-state index >= 15 is 0 Å². The quantitative estimate of drug-likeness (QED) is 0.461. The Kier molecular flexibility index (Phi) is 5.98. The molecule has 31 heavy (non-hydrogen) atoms. The molecule has 0 spiro atoms. The van der Waals surface area contributed by atoms with Crippen LogP contribution in [0.1, 0.15) is 56.3 Å². The first kappa shape index (κ1) is 21.7. The van der Waals surface area contributed by atoms with Crippen molar-refractivity contribution in [3.8, 4) is 10.6 Å². The van der Waals surface area contributed by atoms with E-state index in [4.69, 9.17) is 0 Å². The lowest BCUT2D eigenvalue weighted by Crippen LogP contribution is -2.42. The Balaban J connectivity index is 1.68. The highest BCUT2D eigenvalue weighted by atomic mass is 32.1. The molecule has 9 heteroatoms. The van der Waals surface area contributed by atoms with E-state index in [9.17, 15) is 9.90 Å². The number of carbonyl (C=O) groups is 1. The zero-order chi connectivity index (χ0) is 22.2. The van der Waals surface area contributed by atoms with Crippen molar-refractivity contribution in [1.29, 1.82) is 0 Å². The van der Waals surface area contributed by atoms with Gasteiger partial charge in [0.05, 0.1) is 16.9 Å². The first-order valence-corrected chi connectivity index (χ1v) is 11.7. The van der Waals surface area contributed by atoms with Crippen molar-refractivity contribution >= 4 is 34.0 Å². The smallest absolute Gasteiger partial charge is 0.282 e. The summed E-state index contributed by atoms with van der Waals surface area (Å²) < 4.78 is 0. The van der Waals surface area contributed by atoms with E-state index in [1.165, 1.54) is 11.3 Å². The minimum atomic E-state index is -0.593. The fourth-order valence-electron chi connectivity index (χ4n) is 4.77. The molecule has 1 saturated carbocycles. The lowest BCUT2D eigenvalue weighted by Gasteiger charge is -2.42. The molecule has 0 radical (unpaired) electrons. The molecule has 4 atom stereocenters. The van der Waals surface area contributed by atoms with Crippen LogP contribution in [0.25, 0.3) is 21.6 Å². The number of aliphatic hydroxyl groups is 1. The second-order valence-electron chi connectivity index (χ2n) is 8.80. The van der Waals surface area contributed by atoms with Crippen LogP contribution in [-0.2, 0) is 0 Å². The van der Waals surface area contributed by atoms with Crippen molar-refractivity contribution in [2.45, 2.75) is 58.1 Å². The van der Waals surface area contributed by atoms with Crippen molar-refractivity contribution in [3.05, 3.63) is 23.5 Å².